The molecular weight excluding hydrogens is 244 g/mol. The predicted molar refractivity (Wildman–Crippen MR) is 73.9 cm³/mol. The van der Waals surface area contributed by atoms with Crippen LogP contribution in [0.4, 0.5) is 0 Å². The van der Waals surface area contributed by atoms with Crippen molar-refractivity contribution in [2.24, 2.45) is 11.8 Å². The highest BCUT2D eigenvalue weighted by molar-refractivity contribution is 7.09. The number of thiazole rings is 1. The van der Waals surface area contributed by atoms with E-state index in [1.807, 2.05) is 11.3 Å². The lowest BCUT2D eigenvalue weighted by Crippen LogP contribution is -2.47. The number of aryl methyl sites for hydroxylation is 1. The highest BCUT2D eigenvalue weighted by atomic mass is 32.1. The molecule has 1 N–H and O–H groups in total. The van der Waals surface area contributed by atoms with E-state index in [0.717, 1.165) is 30.7 Å². The topological polar surface area (TPSA) is 34.1 Å². The van der Waals surface area contributed by atoms with Crippen LogP contribution in [0, 0.1) is 18.8 Å². The zero-order chi connectivity index (χ0) is 12.6. The van der Waals surface area contributed by atoms with Crippen LogP contribution in [0.5, 0.6) is 0 Å². The monoisotopic (exact) mass is 266 g/mol. The molecule has 0 saturated heterocycles. The molecule has 2 aliphatic rings. The summed E-state index contributed by atoms with van der Waals surface area (Å²) >= 11 is 1.83. The van der Waals surface area contributed by atoms with Crippen molar-refractivity contribution >= 4 is 11.3 Å². The quantitative estimate of drug-likeness (QED) is 0.832. The van der Waals surface area contributed by atoms with Crippen LogP contribution in [0.1, 0.15) is 36.4 Å². The second-order valence-electron chi connectivity index (χ2n) is 5.77. The standard InChI is InChI=1S/C14H22N2OS/c1-10-9-18-13(16-10)14(15-5-6-17-2)8-11-3-4-12(14)7-11/h9,11-12,15H,3-8H2,1-2H3. The minimum absolute atomic E-state index is 0.153. The van der Waals surface area contributed by atoms with Crippen LogP contribution < -0.4 is 5.32 Å². The lowest BCUT2D eigenvalue weighted by molar-refractivity contribution is 0.157. The fourth-order valence-electron chi connectivity index (χ4n) is 3.82. The maximum Gasteiger partial charge on any atom is 0.113 e. The third kappa shape index (κ3) is 2.00. The van der Waals surface area contributed by atoms with Crippen LogP contribution in [0.15, 0.2) is 5.38 Å². The Kier molecular flexibility index (Phi) is 3.43. The Labute approximate surface area is 113 Å². The van der Waals surface area contributed by atoms with Crippen LogP contribution in [0.2, 0.25) is 0 Å². The van der Waals surface area contributed by atoms with Gasteiger partial charge >= 0.3 is 0 Å². The molecule has 100 valence electrons. The number of methoxy groups -OCH3 is 1. The molecule has 2 fully saturated rings. The maximum absolute atomic E-state index is 5.19. The summed E-state index contributed by atoms with van der Waals surface area (Å²) in [5.41, 5.74) is 1.31. The first-order valence-corrected chi connectivity index (χ1v) is 7.79. The molecule has 2 aliphatic carbocycles. The molecule has 4 heteroatoms. The molecular formula is C14H22N2OS. The molecule has 2 saturated carbocycles. The van der Waals surface area contributed by atoms with Gasteiger partial charge in [0.15, 0.2) is 0 Å². The molecule has 0 aliphatic heterocycles. The average Bonchev–Trinajstić information content (AvgIpc) is 3.04. The van der Waals surface area contributed by atoms with E-state index < -0.39 is 0 Å². The highest BCUT2D eigenvalue weighted by Crippen LogP contribution is 2.55. The van der Waals surface area contributed by atoms with Gasteiger partial charge in [-0.15, -0.1) is 11.3 Å². The smallest absolute Gasteiger partial charge is 0.113 e. The summed E-state index contributed by atoms with van der Waals surface area (Å²) in [4.78, 5) is 4.78. The van der Waals surface area contributed by atoms with E-state index in [-0.39, 0.29) is 5.54 Å². The summed E-state index contributed by atoms with van der Waals surface area (Å²) in [6.07, 6.45) is 5.44. The number of nitrogens with zero attached hydrogens (tertiary/aromatic N) is 1. The number of rotatable bonds is 5. The van der Waals surface area contributed by atoms with Crippen molar-refractivity contribution in [1.29, 1.82) is 0 Å². The van der Waals surface area contributed by atoms with E-state index in [0.29, 0.717) is 0 Å². The lowest BCUT2D eigenvalue weighted by Gasteiger charge is -2.37. The molecule has 3 unspecified atom stereocenters. The minimum Gasteiger partial charge on any atom is -0.383 e. The van der Waals surface area contributed by atoms with Crippen LogP contribution in [-0.4, -0.2) is 25.2 Å². The van der Waals surface area contributed by atoms with Crippen molar-refractivity contribution < 1.29 is 4.74 Å². The van der Waals surface area contributed by atoms with Crippen LogP contribution in [-0.2, 0) is 10.3 Å². The number of ether oxygens (including phenoxy) is 1. The first-order chi connectivity index (χ1) is 8.74. The second kappa shape index (κ2) is 4.91. The number of nitrogens with one attached hydrogen (secondary N) is 1. The molecule has 3 rings (SSSR count). The van der Waals surface area contributed by atoms with Gasteiger partial charge in [0.1, 0.15) is 5.01 Å². The normalized spacial score (nSPS) is 34.3. The summed E-state index contributed by atoms with van der Waals surface area (Å²) in [6, 6.07) is 0. The van der Waals surface area contributed by atoms with E-state index in [9.17, 15) is 0 Å². The van der Waals surface area contributed by atoms with Gasteiger partial charge in [-0.1, -0.05) is 6.42 Å². The summed E-state index contributed by atoms with van der Waals surface area (Å²) < 4.78 is 5.19. The second-order valence-corrected chi connectivity index (χ2v) is 6.62. The Hall–Kier alpha value is -0.450. The molecule has 0 spiro atoms. The first-order valence-electron chi connectivity index (χ1n) is 6.91. The third-order valence-corrected chi connectivity index (χ3v) is 5.73. The zero-order valence-corrected chi connectivity index (χ0v) is 12.1. The van der Waals surface area contributed by atoms with Crippen molar-refractivity contribution in [2.75, 3.05) is 20.3 Å². The third-order valence-electron chi connectivity index (χ3n) is 4.60. The van der Waals surface area contributed by atoms with Crippen LogP contribution in [0.3, 0.4) is 0 Å². The highest BCUT2D eigenvalue weighted by Gasteiger charge is 2.53. The Balaban J connectivity index is 1.84. The van der Waals surface area contributed by atoms with Crippen molar-refractivity contribution in [3.05, 3.63) is 16.1 Å². The van der Waals surface area contributed by atoms with Gasteiger partial charge in [-0.3, -0.25) is 0 Å². The molecule has 0 radical (unpaired) electrons. The summed E-state index contributed by atoms with van der Waals surface area (Å²) in [6.45, 7) is 3.80. The number of fused-ring (bicyclic) bond motifs is 2. The molecule has 1 aromatic rings. The van der Waals surface area contributed by atoms with Gasteiger partial charge in [0.25, 0.3) is 0 Å². The molecule has 0 amide bonds. The van der Waals surface area contributed by atoms with Gasteiger partial charge in [-0.2, -0.15) is 0 Å². The zero-order valence-electron chi connectivity index (χ0n) is 11.2. The van der Waals surface area contributed by atoms with E-state index >= 15 is 0 Å². The molecule has 18 heavy (non-hydrogen) atoms. The fourth-order valence-corrected chi connectivity index (χ4v) is 4.88. The van der Waals surface area contributed by atoms with E-state index in [4.69, 9.17) is 9.72 Å². The Morgan fingerprint density at radius 3 is 3.00 bits per heavy atom. The van der Waals surface area contributed by atoms with Gasteiger partial charge in [0.05, 0.1) is 12.1 Å². The predicted octanol–water partition coefficient (Wildman–Crippen LogP) is 2.70. The Morgan fingerprint density at radius 2 is 2.44 bits per heavy atom. The summed E-state index contributed by atoms with van der Waals surface area (Å²) in [5, 5.41) is 7.27. The van der Waals surface area contributed by atoms with Gasteiger partial charge in [-0.25, -0.2) is 4.98 Å². The van der Waals surface area contributed by atoms with Crippen molar-refractivity contribution in [2.45, 2.75) is 38.1 Å². The molecule has 3 atom stereocenters. The average molecular weight is 266 g/mol. The van der Waals surface area contributed by atoms with Gasteiger partial charge in [-0.05, 0) is 38.0 Å². The molecule has 1 heterocycles. The number of hydrogen-bond donors (Lipinski definition) is 1. The molecule has 0 aromatic carbocycles. The van der Waals surface area contributed by atoms with E-state index in [1.54, 1.807) is 7.11 Å². The van der Waals surface area contributed by atoms with Crippen molar-refractivity contribution in [3.8, 4) is 0 Å². The Bertz CT molecular complexity index is 420. The number of aromatic nitrogens is 1. The van der Waals surface area contributed by atoms with Gasteiger partial charge in [0, 0.05) is 24.7 Å². The van der Waals surface area contributed by atoms with Crippen LogP contribution >= 0.6 is 11.3 Å². The first kappa shape index (κ1) is 12.6. The maximum atomic E-state index is 5.19. The van der Waals surface area contributed by atoms with E-state index in [1.165, 1.54) is 30.7 Å². The van der Waals surface area contributed by atoms with Gasteiger partial charge in [0.2, 0.25) is 0 Å². The van der Waals surface area contributed by atoms with Crippen molar-refractivity contribution in [1.82, 2.24) is 10.3 Å². The Morgan fingerprint density at radius 1 is 1.56 bits per heavy atom. The van der Waals surface area contributed by atoms with E-state index in [2.05, 4.69) is 17.6 Å². The number of hydrogen-bond acceptors (Lipinski definition) is 4. The molecule has 1 aromatic heterocycles. The summed E-state index contributed by atoms with van der Waals surface area (Å²) in [5.74, 6) is 1.69. The largest absolute Gasteiger partial charge is 0.383 e. The SMILES string of the molecule is COCCNC1(c2nc(C)cs2)CC2CCC1C2. The minimum atomic E-state index is 0.153. The molecule has 3 nitrogen and oxygen atoms in total. The summed E-state index contributed by atoms with van der Waals surface area (Å²) in [7, 11) is 1.77. The van der Waals surface area contributed by atoms with Crippen molar-refractivity contribution in [3.63, 3.8) is 0 Å². The lowest BCUT2D eigenvalue weighted by atomic mass is 9.81. The molecule has 2 bridgehead atoms. The fraction of sp³-hybridized carbons (Fsp3) is 0.786. The van der Waals surface area contributed by atoms with Crippen LogP contribution in [0.25, 0.3) is 0 Å². The van der Waals surface area contributed by atoms with Gasteiger partial charge < -0.3 is 10.1 Å².